The topological polar surface area (TPSA) is 88.2 Å². The fourth-order valence-corrected chi connectivity index (χ4v) is 2.79. The van der Waals surface area contributed by atoms with E-state index in [0.29, 0.717) is 31.7 Å². The van der Waals surface area contributed by atoms with Crippen LogP contribution in [0.25, 0.3) is 0 Å². The molecule has 1 amide bonds. The molecule has 0 aliphatic carbocycles. The lowest BCUT2D eigenvalue weighted by molar-refractivity contribution is -0.137. The van der Waals surface area contributed by atoms with Crippen LogP contribution in [0.1, 0.15) is 18.4 Å². The Balaban J connectivity index is 1.91. The maximum Gasteiger partial charge on any atom is 0.421 e. The maximum atomic E-state index is 13.5. The van der Waals surface area contributed by atoms with Crippen LogP contribution >= 0.6 is 0 Å². The molecule has 0 unspecified atom stereocenters. The van der Waals surface area contributed by atoms with Crippen LogP contribution in [0.5, 0.6) is 0 Å². The second-order valence-corrected chi connectivity index (χ2v) is 6.35. The average molecular weight is 407 g/mol. The van der Waals surface area contributed by atoms with Gasteiger partial charge in [0.25, 0.3) is 0 Å². The summed E-state index contributed by atoms with van der Waals surface area (Å²) in [6.07, 6.45) is -1.42. The number of rotatable bonds is 6. The van der Waals surface area contributed by atoms with Gasteiger partial charge in [-0.3, -0.25) is 4.79 Å². The third-order valence-corrected chi connectivity index (χ3v) is 4.27. The SMILES string of the molecule is C=CC(=O)Nc1ccccc1Nc1nc(NC2CCOCC2)ncc1C(F)(F)F. The summed E-state index contributed by atoms with van der Waals surface area (Å²) in [7, 11) is 0. The van der Waals surface area contributed by atoms with E-state index in [4.69, 9.17) is 4.74 Å². The summed E-state index contributed by atoms with van der Waals surface area (Å²) in [4.78, 5) is 19.5. The third-order valence-electron chi connectivity index (χ3n) is 4.27. The van der Waals surface area contributed by atoms with E-state index in [0.717, 1.165) is 12.3 Å². The Morgan fingerprint density at radius 3 is 2.55 bits per heavy atom. The van der Waals surface area contributed by atoms with Crippen molar-refractivity contribution in [2.75, 3.05) is 29.2 Å². The molecule has 1 aliphatic rings. The van der Waals surface area contributed by atoms with Crippen LogP contribution in [0.2, 0.25) is 0 Å². The number of halogens is 3. The van der Waals surface area contributed by atoms with E-state index in [9.17, 15) is 18.0 Å². The molecule has 1 aromatic heterocycles. The largest absolute Gasteiger partial charge is 0.421 e. The Kier molecular flexibility index (Phi) is 6.32. The lowest BCUT2D eigenvalue weighted by Crippen LogP contribution is -2.29. The number of hydrogen-bond acceptors (Lipinski definition) is 6. The molecule has 3 N–H and O–H groups in total. The van der Waals surface area contributed by atoms with Gasteiger partial charge in [-0.1, -0.05) is 18.7 Å². The van der Waals surface area contributed by atoms with Gasteiger partial charge in [0.15, 0.2) is 0 Å². The van der Waals surface area contributed by atoms with Gasteiger partial charge in [0.2, 0.25) is 11.9 Å². The van der Waals surface area contributed by atoms with Crippen LogP contribution in [0.4, 0.5) is 36.3 Å². The van der Waals surface area contributed by atoms with E-state index >= 15 is 0 Å². The van der Waals surface area contributed by atoms with Gasteiger partial charge in [-0.05, 0) is 31.1 Å². The normalized spacial score (nSPS) is 14.9. The van der Waals surface area contributed by atoms with Gasteiger partial charge >= 0.3 is 6.18 Å². The van der Waals surface area contributed by atoms with E-state index in [1.165, 1.54) is 6.07 Å². The number of nitrogens with one attached hydrogen (secondary N) is 3. The highest BCUT2D eigenvalue weighted by Crippen LogP contribution is 2.36. The summed E-state index contributed by atoms with van der Waals surface area (Å²) < 4.78 is 45.7. The smallest absolute Gasteiger partial charge is 0.381 e. The van der Waals surface area contributed by atoms with Crippen LogP contribution in [-0.4, -0.2) is 35.1 Å². The van der Waals surface area contributed by atoms with Crippen molar-refractivity contribution in [3.63, 3.8) is 0 Å². The zero-order valence-corrected chi connectivity index (χ0v) is 15.4. The Bertz CT molecular complexity index is 882. The van der Waals surface area contributed by atoms with Crippen LogP contribution in [0.3, 0.4) is 0 Å². The monoisotopic (exact) mass is 407 g/mol. The van der Waals surface area contributed by atoms with Gasteiger partial charge in [0, 0.05) is 25.5 Å². The molecular weight excluding hydrogens is 387 g/mol. The predicted octanol–water partition coefficient (Wildman–Crippen LogP) is 3.95. The first-order valence-corrected chi connectivity index (χ1v) is 8.95. The van der Waals surface area contributed by atoms with Crippen molar-refractivity contribution in [1.82, 2.24) is 9.97 Å². The molecule has 29 heavy (non-hydrogen) atoms. The zero-order chi connectivity index (χ0) is 20.9. The van der Waals surface area contributed by atoms with Gasteiger partial charge in [0.05, 0.1) is 11.4 Å². The number of para-hydroxylation sites is 2. The molecular formula is C19H20F3N5O2. The third kappa shape index (κ3) is 5.44. The highest BCUT2D eigenvalue weighted by molar-refractivity contribution is 6.01. The second kappa shape index (κ2) is 8.91. The van der Waals surface area contributed by atoms with Crippen LogP contribution in [-0.2, 0) is 15.7 Å². The molecule has 0 spiro atoms. The van der Waals surface area contributed by atoms with Gasteiger partial charge in [0.1, 0.15) is 11.4 Å². The number of alkyl halides is 3. The quantitative estimate of drug-likeness (QED) is 0.629. The summed E-state index contributed by atoms with van der Waals surface area (Å²) >= 11 is 0. The van der Waals surface area contributed by atoms with Crippen molar-refractivity contribution in [3.05, 3.63) is 48.7 Å². The van der Waals surface area contributed by atoms with Crippen molar-refractivity contribution < 1.29 is 22.7 Å². The fourth-order valence-electron chi connectivity index (χ4n) is 2.79. The number of nitrogens with zero attached hydrogens (tertiary/aromatic N) is 2. The highest BCUT2D eigenvalue weighted by atomic mass is 19.4. The molecule has 0 bridgehead atoms. The van der Waals surface area contributed by atoms with E-state index in [2.05, 4.69) is 32.5 Å². The molecule has 1 saturated heterocycles. The number of carbonyl (C=O) groups excluding carboxylic acids is 1. The lowest BCUT2D eigenvalue weighted by atomic mass is 10.1. The van der Waals surface area contributed by atoms with E-state index < -0.39 is 23.5 Å². The first kappa shape index (κ1) is 20.6. The molecule has 3 rings (SSSR count). The molecule has 154 valence electrons. The number of benzene rings is 1. The molecule has 0 saturated carbocycles. The molecule has 7 nitrogen and oxygen atoms in total. The number of amides is 1. The van der Waals surface area contributed by atoms with Crippen molar-refractivity contribution in [1.29, 1.82) is 0 Å². The van der Waals surface area contributed by atoms with Gasteiger partial charge in [-0.2, -0.15) is 18.2 Å². The summed E-state index contributed by atoms with van der Waals surface area (Å²) in [6.45, 7) is 4.50. The Morgan fingerprint density at radius 1 is 1.21 bits per heavy atom. The van der Waals surface area contributed by atoms with Crippen molar-refractivity contribution in [2.45, 2.75) is 25.1 Å². The summed E-state index contributed by atoms with van der Waals surface area (Å²) in [5.41, 5.74) is -0.466. The first-order valence-electron chi connectivity index (χ1n) is 8.95. The number of aromatic nitrogens is 2. The molecule has 2 heterocycles. The molecule has 0 atom stereocenters. The maximum absolute atomic E-state index is 13.5. The molecule has 1 aliphatic heterocycles. The lowest BCUT2D eigenvalue weighted by Gasteiger charge is -2.23. The Morgan fingerprint density at radius 2 is 1.90 bits per heavy atom. The molecule has 10 heteroatoms. The van der Waals surface area contributed by atoms with Crippen LogP contribution < -0.4 is 16.0 Å². The van der Waals surface area contributed by atoms with Crippen LogP contribution in [0.15, 0.2) is 43.1 Å². The van der Waals surface area contributed by atoms with E-state index in [1.807, 2.05) is 0 Å². The van der Waals surface area contributed by atoms with Gasteiger partial charge in [-0.15, -0.1) is 0 Å². The van der Waals surface area contributed by atoms with E-state index in [-0.39, 0.29) is 17.7 Å². The fraction of sp³-hybridized carbons (Fsp3) is 0.316. The minimum atomic E-state index is -4.65. The van der Waals surface area contributed by atoms with Crippen molar-refractivity contribution in [2.24, 2.45) is 0 Å². The van der Waals surface area contributed by atoms with Gasteiger partial charge in [-0.25, -0.2) is 4.98 Å². The summed E-state index contributed by atoms with van der Waals surface area (Å²) in [6, 6.07) is 6.38. The molecule has 0 radical (unpaired) electrons. The predicted molar refractivity (Wildman–Crippen MR) is 103 cm³/mol. The summed E-state index contributed by atoms with van der Waals surface area (Å²) in [5, 5.41) is 8.26. The Labute approximate surface area is 165 Å². The number of carbonyl (C=O) groups is 1. The van der Waals surface area contributed by atoms with E-state index in [1.54, 1.807) is 18.2 Å². The second-order valence-electron chi connectivity index (χ2n) is 6.35. The highest BCUT2D eigenvalue weighted by Gasteiger charge is 2.35. The number of anilines is 4. The average Bonchev–Trinajstić information content (AvgIpc) is 2.69. The Hall–Kier alpha value is -3.14. The number of hydrogen-bond donors (Lipinski definition) is 3. The standard InChI is InChI=1S/C19H20F3N5O2/c1-2-16(28)25-14-5-3-4-6-15(14)26-17-13(19(20,21)22)11-23-18(27-17)24-12-7-9-29-10-8-12/h2-6,11-12H,1,7-10H2,(H,25,28)(H2,23,24,26,27). The van der Waals surface area contributed by atoms with Crippen molar-refractivity contribution >= 4 is 29.0 Å². The van der Waals surface area contributed by atoms with Crippen LogP contribution in [0, 0.1) is 0 Å². The zero-order valence-electron chi connectivity index (χ0n) is 15.4. The molecule has 2 aromatic rings. The minimum Gasteiger partial charge on any atom is -0.381 e. The minimum absolute atomic E-state index is 0.0208. The molecule has 1 aromatic carbocycles. The molecule has 1 fully saturated rings. The number of ether oxygens (including phenoxy) is 1. The van der Waals surface area contributed by atoms with Crippen molar-refractivity contribution in [3.8, 4) is 0 Å². The van der Waals surface area contributed by atoms with Gasteiger partial charge < -0.3 is 20.7 Å². The first-order chi connectivity index (χ1) is 13.9. The summed E-state index contributed by atoms with van der Waals surface area (Å²) in [5.74, 6) is -0.817.